The number of Topliss-reactive ketones (excluding diaryl/α,β-unsaturated/α-hetero) is 1. The number of carbonyl (C=O) groups is 1. The van der Waals surface area contributed by atoms with E-state index in [0.29, 0.717) is 6.42 Å². The van der Waals surface area contributed by atoms with Crippen LogP contribution in [0.1, 0.15) is 32.8 Å². The van der Waals surface area contributed by atoms with Gasteiger partial charge in [-0.2, -0.15) is 0 Å². The summed E-state index contributed by atoms with van der Waals surface area (Å²) in [5.74, 6) is -0.348. The molecule has 0 heterocycles. The molecule has 0 saturated heterocycles. The van der Waals surface area contributed by atoms with Gasteiger partial charge in [-0.05, 0) is 32.8 Å². The summed E-state index contributed by atoms with van der Waals surface area (Å²) in [4.78, 5) is 11.9. The van der Waals surface area contributed by atoms with E-state index in [-0.39, 0.29) is 18.0 Å². The van der Waals surface area contributed by atoms with Gasteiger partial charge in [-0.25, -0.2) is 8.42 Å². The molecule has 2 N–H and O–H groups in total. The molecule has 0 aliphatic heterocycles. The lowest BCUT2D eigenvalue weighted by atomic mass is 10.0. The molecule has 1 aromatic rings. The molecule has 1 unspecified atom stereocenters. The van der Waals surface area contributed by atoms with Gasteiger partial charge in [0.25, 0.3) is 0 Å². The fourth-order valence-corrected chi connectivity index (χ4v) is 2.79. The monoisotopic (exact) mass is 297 g/mol. The first kappa shape index (κ1) is 16.9. The third-order valence-electron chi connectivity index (χ3n) is 3.26. The van der Waals surface area contributed by atoms with Crippen molar-refractivity contribution in [2.24, 2.45) is 5.73 Å². The van der Waals surface area contributed by atoms with Gasteiger partial charge in [-0.3, -0.25) is 4.79 Å². The van der Waals surface area contributed by atoms with Gasteiger partial charge in [0, 0.05) is 6.42 Å². The predicted molar refractivity (Wildman–Crippen MR) is 81.3 cm³/mol. The van der Waals surface area contributed by atoms with Gasteiger partial charge in [0.05, 0.1) is 16.5 Å². The third kappa shape index (κ3) is 4.72. The van der Waals surface area contributed by atoms with Crippen molar-refractivity contribution in [1.82, 2.24) is 0 Å². The second-order valence-electron chi connectivity index (χ2n) is 5.94. The Morgan fingerprint density at radius 2 is 1.75 bits per heavy atom. The number of hydrogen-bond acceptors (Lipinski definition) is 4. The van der Waals surface area contributed by atoms with E-state index >= 15 is 0 Å². The molecule has 112 valence electrons. The Kier molecular flexibility index (Phi) is 5.48. The van der Waals surface area contributed by atoms with Gasteiger partial charge in [-0.1, -0.05) is 30.3 Å². The van der Waals surface area contributed by atoms with Crippen LogP contribution < -0.4 is 5.73 Å². The molecule has 0 aromatic heterocycles. The molecular formula is C15H23NO3S. The quantitative estimate of drug-likeness (QED) is 0.867. The summed E-state index contributed by atoms with van der Waals surface area (Å²) in [6.07, 6.45) is 0.419. The van der Waals surface area contributed by atoms with Crippen LogP contribution in [0.2, 0.25) is 0 Å². The molecular weight excluding hydrogens is 274 g/mol. The third-order valence-corrected chi connectivity index (χ3v) is 5.87. The van der Waals surface area contributed by atoms with E-state index in [2.05, 4.69) is 0 Å². The van der Waals surface area contributed by atoms with Crippen molar-refractivity contribution in [1.29, 1.82) is 0 Å². The minimum absolute atomic E-state index is 0.0202. The van der Waals surface area contributed by atoms with Crippen molar-refractivity contribution >= 4 is 15.6 Å². The highest BCUT2D eigenvalue weighted by Gasteiger charge is 2.29. The van der Waals surface area contributed by atoms with Crippen molar-refractivity contribution < 1.29 is 13.2 Å². The van der Waals surface area contributed by atoms with E-state index in [1.807, 2.05) is 30.3 Å². The Morgan fingerprint density at radius 3 is 2.25 bits per heavy atom. The smallest absolute Gasteiger partial charge is 0.155 e. The lowest BCUT2D eigenvalue weighted by Gasteiger charge is -2.19. The first-order valence-electron chi connectivity index (χ1n) is 6.68. The van der Waals surface area contributed by atoms with Crippen LogP contribution in [0.25, 0.3) is 0 Å². The highest BCUT2D eigenvalue weighted by atomic mass is 32.2. The van der Waals surface area contributed by atoms with Crippen molar-refractivity contribution in [3.8, 4) is 0 Å². The van der Waals surface area contributed by atoms with E-state index in [9.17, 15) is 13.2 Å². The van der Waals surface area contributed by atoms with E-state index in [0.717, 1.165) is 5.56 Å². The largest absolute Gasteiger partial charge is 0.321 e. The molecule has 4 nitrogen and oxygen atoms in total. The Bertz CT molecular complexity index is 544. The molecule has 20 heavy (non-hydrogen) atoms. The first-order valence-corrected chi connectivity index (χ1v) is 8.33. The first-order chi connectivity index (χ1) is 9.13. The molecule has 5 heteroatoms. The highest BCUT2D eigenvalue weighted by molar-refractivity contribution is 7.92. The lowest BCUT2D eigenvalue weighted by molar-refractivity contribution is -0.119. The van der Waals surface area contributed by atoms with Crippen molar-refractivity contribution in [2.45, 2.75) is 44.4 Å². The average molecular weight is 297 g/mol. The average Bonchev–Trinajstić information content (AvgIpc) is 2.35. The molecule has 0 aliphatic carbocycles. The SMILES string of the molecule is CC(C)(C)S(=O)(=O)CCC(=O)C(N)Cc1ccccc1. The summed E-state index contributed by atoms with van der Waals surface area (Å²) in [6.45, 7) is 4.91. The van der Waals surface area contributed by atoms with Gasteiger partial charge in [0.15, 0.2) is 15.6 Å². The molecule has 0 amide bonds. The normalized spacial score (nSPS) is 14.0. The van der Waals surface area contributed by atoms with Crippen molar-refractivity contribution in [3.63, 3.8) is 0 Å². The predicted octanol–water partition coefficient (Wildman–Crippen LogP) is 1.73. The molecule has 1 atom stereocenters. The number of nitrogens with two attached hydrogens (primary N) is 1. The van der Waals surface area contributed by atoms with Crippen molar-refractivity contribution in [3.05, 3.63) is 35.9 Å². The molecule has 0 aliphatic rings. The van der Waals surface area contributed by atoms with Crippen LogP contribution in [-0.4, -0.2) is 30.7 Å². The van der Waals surface area contributed by atoms with E-state index in [4.69, 9.17) is 5.73 Å². The number of benzene rings is 1. The van der Waals surface area contributed by atoms with E-state index < -0.39 is 20.6 Å². The molecule has 0 saturated carbocycles. The highest BCUT2D eigenvalue weighted by Crippen LogP contribution is 2.17. The number of carbonyl (C=O) groups excluding carboxylic acids is 1. The Labute approximate surface area is 121 Å². The van der Waals surface area contributed by atoms with Gasteiger partial charge < -0.3 is 5.73 Å². The van der Waals surface area contributed by atoms with E-state index in [1.165, 1.54) is 0 Å². The zero-order valence-electron chi connectivity index (χ0n) is 12.3. The number of sulfone groups is 1. The van der Waals surface area contributed by atoms with Crippen LogP contribution >= 0.6 is 0 Å². The standard InChI is InChI=1S/C15H23NO3S/c1-15(2,3)20(18,19)10-9-14(17)13(16)11-12-7-5-4-6-8-12/h4-8,13H,9-11,16H2,1-3H3. The fraction of sp³-hybridized carbons (Fsp3) is 0.533. The maximum absolute atomic E-state index is 11.9. The Hall–Kier alpha value is -1.20. The summed E-state index contributed by atoms with van der Waals surface area (Å²) in [6, 6.07) is 8.82. The zero-order chi connectivity index (χ0) is 15.4. The number of ketones is 1. The second-order valence-corrected chi connectivity index (χ2v) is 8.81. The fourth-order valence-electron chi connectivity index (χ4n) is 1.71. The maximum atomic E-state index is 11.9. The van der Waals surface area contributed by atoms with Crippen LogP contribution in [0.15, 0.2) is 30.3 Å². The van der Waals surface area contributed by atoms with E-state index in [1.54, 1.807) is 20.8 Å². The van der Waals surface area contributed by atoms with Crippen molar-refractivity contribution in [2.75, 3.05) is 5.75 Å². The Morgan fingerprint density at radius 1 is 1.20 bits per heavy atom. The number of hydrogen-bond donors (Lipinski definition) is 1. The molecule has 0 radical (unpaired) electrons. The topological polar surface area (TPSA) is 77.2 Å². The van der Waals surface area contributed by atoms with Crippen LogP contribution in [0.3, 0.4) is 0 Å². The summed E-state index contributed by atoms with van der Waals surface area (Å²) < 4.78 is 23.1. The molecule has 0 bridgehead atoms. The number of rotatable bonds is 6. The second kappa shape index (κ2) is 6.50. The minimum Gasteiger partial charge on any atom is -0.321 e. The summed E-state index contributed by atoms with van der Waals surface area (Å²) in [5, 5.41) is 0. The van der Waals surface area contributed by atoms with Gasteiger partial charge in [-0.15, -0.1) is 0 Å². The van der Waals surface area contributed by atoms with Gasteiger partial charge in [0.1, 0.15) is 0 Å². The molecule has 0 fully saturated rings. The van der Waals surface area contributed by atoms with Gasteiger partial charge >= 0.3 is 0 Å². The molecule has 1 aromatic carbocycles. The summed E-state index contributed by atoms with van der Waals surface area (Å²) >= 11 is 0. The maximum Gasteiger partial charge on any atom is 0.155 e. The van der Waals surface area contributed by atoms with Crippen LogP contribution in [0.5, 0.6) is 0 Å². The summed E-state index contributed by atoms with van der Waals surface area (Å²) in [5.41, 5.74) is 6.82. The Balaban J connectivity index is 2.56. The van der Waals surface area contributed by atoms with Gasteiger partial charge in [0.2, 0.25) is 0 Å². The minimum atomic E-state index is -3.28. The zero-order valence-corrected chi connectivity index (χ0v) is 13.1. The van der Waals surface area contributed by atoms with Crippen LogP contribution in [0, 0.1) is 0 Å². The molecule has 1 rings (SSSR count). The summed E-state index contributed by atoms with van der Waals surface area (Å²) in [7, 11) is -3.28. The van der Waals surface area contributed by atoms with Crippen LogP contribution in [-0.2, 0) is 21.1 Å². The van der Waals surface area contributed by atoms with Crippen LogP contribution in [0.4, 0.5) is 0 Å². The molecule has 0 spiro atoms. The lowest BCUT2D eigenvalue weighted by Crippen LogP contribution is -2.36.